The van der Waals surface area contributed by atoms with Gasteiger partial charge in [-0.3, -0.25) is 0 Å². The van der Waals surface area contributed by atoms with Crippen LogP contribution in [0, 0.1) is 0 Å². The Hall–Kier alpha value is -7.36. The van der Waals surface area contributed by atoms with Crippen LogP contribution in [0.15, 0.2) is 211 Å². The zero-order chi connectivity index (χ0) is 36.3. The molecule has 0 aliphatic heterocycles. The first-order valence-corrected chi connectivity index (χ1v) is 18.8. The largest absolute Gasteiger partial charge is 0.455 e. The minimum atomic E-state index is 0.855. The fourth-order valence-corrected chi connectivity index (χ4v) is 8.54. The Kier molecular flexibility index (Phi) is 7.17. The summed E-state index contributed by atoms with van der Waals surface area (Å²) in [4.78, 5) is 2.43. The van der Waals surface area contributed by atoms with Crippen LogP contribution in [0.2, 0.25) is 0 Å². The smallest absolute Gasteiger partial charge is 0.143 e. The van der Waals surface area contributed by atoms with Crippen LogP contribution in [0.1, 0.15) is 0 Å². The van der Waals surface area contributed by atoms with E-state index in [1.807, 2.05) is 0 Å². The van der Waals surface area contributed by atoms with E-state index < -0.39 is 0 Å². The lowest BCUT2D eigenvalue weighted by Crippen LogP contribution is -2.12. The summed E-state index contributed by atoms with van der Waals surface area (Å²) in [5.74, 6) is 0. The maximum Gasteiger partial charge on any atom is 0.143 e. The van der Waals surface area contributed by atoms with Crippen LogP contribution in [0.25, 0.3) is 82.5 Å². The van der Waals surface area contributed by atoms with Gasteiger partial charge in [0.2, 0.25) is 0 Å². The monoisotopic (exact) mass is 702 g/mol. The SMILES string of the molecule is c1ccc(-c2ccc(N(c3cc4oc5c(-c6ccccc6)cccc5c4c4ccccc34)c3cccc4c5ccccc5n(-c5ccccc5)c34)cc2)cc1. The molecule has 11 rings (SSSR count). The molecule has 0 atom stereocenters. The fraction of sp³-hybridized carbons (Fsp3) is 0. The second-order valence-corrected chi connectivity index (χ2v) is 14.1. The first kappa shape index (κ1) is 31.2. The third kappa shape index (κ3) is 4.98. The van der Waals surface area contributed by atoms with E-state index in [-0.39, 0.29) is 0 Å². The Morgan fingerprint density at radius 2 is 0.982 bits per heavy atom. The van der Waals surface area contributed by atoms with Gasteiger partial charge in [-0.1, -0.05) is 164 Å². The second-order valence-electron chi connectivity index (χ2n) is 14.1. The Labute approximate surface area is 318 Å². The highest BCUT2D eigenvalue weighted by Crippen LogP contribution is 2.49. The molecule has 0 amide bonds. The van der Waals surface area contributed by atoms with Crippen LogP contribution in [0.3, 0.4) is 0 Å². The van der Waals surface area contributed by atoms with Crippen LogP contribution in [0.4, 0.5) is 17.1 Å². The van der Waals surface area contributed by atoms with E-state index in [4.69, 9.17) is 4.42 Å². The molecular formula is C52H34N2O. The van der Waals surface area contributed by atoms with Gasteiger partial charge in [0.1, 0.15) is 11.2 Å². The van der Waals surface area contributed by atoms with Crippen LogP contribution in [0.5, 0.6) is 0 Å². The summed E-state index contributed by atoms with van der Waals surface area (Å²) in [7, 11) is 0. The molecule has 3 heteroatoms. The molecule has 0 spiro atoms. The van der Waals surface area contributed by atoms with Gasteiger partial charge in [-0.25, -0.2) is 0 Å². The summed E-state index contributed by atoms with van der Waals surface area (Å²) in [6, 6.07) is 73.8. The molecule has 0 fully saturated rings. The number of furan rings is 1. The fourth-order valence-electron chi connectivity index (χ4n) is 8.54. The second kappa shape index (κ2) is 12.6. The van der Waals surface area contributed by atoms with Crippen molar-refractivity contribution in [2.45, 2.75) is 0 Å². The van der Waals surface area contributed by atoms with Crippen molar-refractivity contribution >= 4 is 71.6 Å². The summed E-state index contributed by atoms with van der Waals surface area (Å²) >= 11 is 0. The van der Waals surface area contributed by atoms with Crippen LogP contribution < -0.4 is 4.90 Å². The van der Waals surface area contributed by atoms with Crippen molar-refractivity contribution in [1.82, 2.24) is 4.57 Å². The number of nitrogens with zero attached hydrogens (tertiary/aromatic N) is 2. The number of anilines is 3. The van der Waals surface area contributed by atoms with Gasteiger partial charge in [0, 0.05) is 49.9 Å². The average molecular weight is 703 g/mol. The lowest BCUT2D eigenvalue weighted by Gasteiger charge is -2.28. The van der Waals surface area contributed by atoms with E-state index in [0.29, 0.717) is 0 Å². The van der Waals surface area contributed by atoms with Gasteiger partial charge in [0.25, 0.3) is 0 Å². The van der Waals surface area contributed by atoms with Crippen LogP contribution in [-0.2, 0) is 0 Å². The van der Waals surface area contributed by atoms with E-state index in [1.54, 1.807) is 0 Å². The summed E-state index contributed by atoms with van der Waals surface area (Å²) in [5.41, 5.74) is 13.0. The molecule has 9 aromatic carbocycles. The van der Waals surface area contributed by atoms with Gasteiger partial charge in [0.15, 0.2) is 0 Å². The molecule has 0 bridgehead atoms. The maximum atomic E-state index is 6.98. The van der Waals surface area contributed by atoms with Crippen molar-refractivity contribution < 1.29 is 4.42 Å². The predicted molar refractivity (Wildman–Crippen MR) is 231 cm³/mol. The highest BCUT2D eigenvalue weighted by atomic mass is 16.3. The number of para-hydroxylation sites is 4. The highest BCUT2D eigenvalue weighted by molar-refractivity contribution is 6.24. The maximum absolute atomic E-state index is 6.98. The molecule has 0 saturated carbocycles. The van der Waals surface area contributed by atoms with Crippen molar-refractivity contribution in [3.05, 3.63) is 206 Å². The number of hydrogen-bond donors (Lipinski definition) is 0. The topological polar surface area (TPSA) is 21.3 Å². The van der Waals surface area contributed by atoms with Crippen LogP contribution >= 0.6 is 0 Å². The number of hydrogen-bond acceptors (Lipinski definition) is 2. The molecule has 0 aliphatic rings. The van der Waals surface area contributed by atoms with Gasteiger partial charge >= 0.3 is 0 Å². The molecular weight excluding hydrogens is 669 g/mol. The first-order valence-electron chi connectivity index (χ1n) is 18.8. The first-order chi connectivity index (χ1) is 27.3. The van der Waals surface area contributed by atoms with E-state index in [9.17, 15) is 0 Å². The minimum absolute atomic E-state index is 0.855. The molecule has 0 radical (unpaired) electrons. The van der Waals surface area contributed by atoms with Gasteiger partial charge in [-0.05, 0) is 58.5 Å². The predicted octanol–water partition coefficient (Wildman–Crippen LogP) is 14.6. The Morgan fingerprint density at radius 1 is 0.400 bits per heavy atom. The molecule has 11 aromatic rings. The zero-order valence-corrected chi connectivity index (χ0v) is 29.9. The van der Waals surface area contributed by atoms with Gasteiger partial charge in [-0.2, -0.15) is 0 Å². The number of benzene rings is 9. The number of fused-ring (bicyclic) bond motifs is 8. The minimum Gasteiger partial charge on any atom is -0.455 e. The van der Waals surface area contributed by atoms with Crippen LogP contribution in [-0.4, -0.2) is 4.57 Å². The van der Waals surface area contributed by atoms with Crippen molar-refractivity contribution in [3.8, 4) is 27.9 Å². The molecule has 2 aromatic heterocycles. The van der Waals surface area contributed by atoms with Gasteiger partial charge in [0.05, 0.1) is 22.4 Å². The van der Waals surface area contributed by atoms with Crippen molar-refractivity contribution in [2.24, 2.45) is 0 Å². The third-order valence-corrected chi connectivity index (χ3v) is 11.0. The van der Waals surface area contributed by atoms with E-state index in [2.05, 4.69) is 216 Å². The summed E-state index contributed by atoms with van der Waals surface area (Å²) < 4.78 is 9.40. The molecule has 2 heterocycles. The quantitative estimate of drug-likeness (QED) is 0.172. The highest BCUT2D eigenvalue weighted by Gasteiger charge is 2.25. The average Bonchev–Trinajstić information content (AvgIpc) is 3.81. The van der Waals surface area contributed by atoms with E-state index in [1.165, 1.54) is 27.4 Å². The molecule has 3 nitrogen and oxygen atoms in total. The molecule has 0 aliphatic carbocycles. The molecule has 0 unspecified atom stereocenters. The Morgan fingerprint density at radius 3 is 1.75 bits per heavy atom. The van der Waals surface area contributed by atoms with E-state index >= 15 is 0 Å². The Bertz CT molecular complexity index is 3180. The van der Waals surface area contributed by atoms with Crippen molar-refractivity contribution in [2.75, 3.05) is 4.90 Å². The van der Waals surface area contributed by atoms with Crippen molar-refractivity contribution in [3.63, 3.8) is 0 Å². The zero-order valence-electron chi connectivity index (χ0n) is 29.9. The standard InChI is InChI=1S/C52H34N2O/c1-4-16-35(17-5-1)36-30-32-39(33-31-36)53(47-29-15-26-44-42-23-12-13-28-46(42)54(51(44)47)38-20-8-3-9-21-38)48-34-49-50(43-24-11-10-22-41(43)48)45-27-14-25-40(52(45)55-49)37-18-6-2-7-19-37/h1-34H. The lowest BCUT2D eigenvalue weighted by atomic mass is 9.98. The normalized spacial score (nSPS) is 11.6. The van der Waals surface area contributed by atoms with E-state index in [0.717, 1.165) is 72.1 Å². The van der Waals surface area contributed by atoms with Gasteiger partial charge in [-0.15, -0.1) is 0 Å². The molecule has 0 saturated heterocycles. The summed E-state index contributed by atoms with van der Waals surface area (Å²) in [6.45, 7) is 0. The summed E-state index contributed by atoms with van der Waals surface area (Å²) in [6.07, 6.45) is 0. The molecule has 258 valence electrons. The van der Waals surface area contributed by atoms with Gasteiger partial charge < -0.3 is 13.9 Å². The molecule has 55 heavy (non-hydrogen) atoms. The molecule has 0 N–H and O–H groups in total. The van der Waals surface area contributed by atoms with Crippen molar-refractivity contribution in [1.29, 1.82) is 0 Å². The third-order valence-electron chi connectivity index (χ3n) is 11.0. The number of rotatable bonds is 6. The summed E-state index contributed by atoms with van der Waals surface area (Å²) in [5, 5.41) is 6.96. The Balaban J connectivity index is 1.24. The lowest BCUT2D eigenvalue weighted by molar-refractivity contribution is 0.670. The number of aromatic nitrogens is 1.